The summed E-state index contributed by atoms with van der Waals surface area (Å²) in [5.41, 5.74) is 0. The van der Waals surface area contributed by atoms with Gasteiger partial charge in [-0.1, -0.05) is 34.1 Å². The SMILES string of the molecule is CC(C)C(O)C1CCC(OC(C(C)C)C2CCC2)C1. The predicted molar refractivity (Wildman–Crippen MR) is 79.0 cm³/mol. The Morgan fingerprint density at radius 1 is 0.895 bits per heavy atom. The molecule has 0 heterocycles. The molecule has 2 aliphatic rings. The van der Waals surface area contributed by atoms with Crippen molar-refractivity contribution in [2.75, 3.05) is 0 Å². The van der Waals surface area contributed by atoms with Gasteiger partial charge in [0.25, 0.3) is 0 Å². The second-order valence-electron chi connectivity index (χ2n) is 7.47. The summed E-state index contributed by atoms with van der Waals surface area (Å²) in [5, 5.41) is 10.2. The molecular formula is C17H32O2. The van der Waals surface area contributed by atoms with Crippen LogP contribution in [-0.2, 0) is 4.74 Å². The van der Waals surface area contributed by atoms with Crippen LogP contribution in [0.4, 0.5) is 0 Å². The van der Waals surface area contributed by atoms with Gasteiger partial charge in [-0.25, -0.2) is 0 Å². The highest BCUT2D eigenvalue weighted by Crippen LogP contribution is 2.39. The van der Waals surface area contributed by atoms with Gasteiger partial charge in [-0.3, -0.25) is 0 Å². The molecule has 0 spiro atoms. The Kier molecular flexibility index (Phi) is 5.30. The van der Waals surface area contributed by atoms with E-state index in [4.69, 9.17) is 4.74 Å². The predicted octanol–water partition coefficient (Wildman–Crippen LogP) is 4.01. The van der Waals surface area contributed by atoms with E-state index in [1.54, 1.807) is 0 Å². The Morgan fingerprint density at radius 3 is 2.05 bits per heavy atom. The molecule has 0 aromatic heterocycles. The van der Waals surface area contributed by atoms with Gasteiger partial charge >= 0.3 is 0 Å². The van der Waals surface area contributed by atoms with Gasteiger partial charge in [0, 0.05) is 0 Å². The van der Waals surface area contributed by atoms with Gasteiger partial charge < -0.3 is 9.84 Å². The van der Waals surface area contributed by atoms with Crippen molar-refractivity contribution < 1.29 is 9.84 Å². The second-order valence-corrected chi connectivity index (χ2v) is 7.47. The molecule has 4 unspecified atom stereocenters. The maximum atomic E-state index is 10.2. The molecule has 0 aromatic carbocycles. The smallest absolute Gasteiger partial charge is 0.0629 e. The van der Waals surface area contributed by atoms with Crippen molar-refractivity contribution in [3.63, 3.8) is 0 Å². The topological polar surface area (TPSA) is 29.5 Å². The van der Waals surface area contributed by atoms with Gasteiger partial charge in [-0.05, 0) is 55.8 Å². The number of hydrogen-bond donors (Lipinski definition) is 1. The van der Waals surface area contributed by atoms with E-state index in [9.17, 15) is 5.11 Å². The zero-order valence-corrected chi connectivity index (χ0v) is 13.1. The van der Waals surface area contributed by atoms with Gasteiger partial charge in [0.2, 0.25) is 0 Å². The molecule has 2 saturated carbocycles. The van der Waals surface area contributed by atoms with Crippen molar-refractivity contribution in [2.24, 2.45) is 23.7 Å². The highest BCUT2D eigenvalue weighted by molar-refractivity contribution is 4.86. The van der Waals surface area contributed by atoms with Crippen LogP contribution in [0.1, 0.15) is 66.2 Å². The van der Waals surface area contributed by atoms with Gasteiger partial charge in [-0.15, -0.1) is 0 Å². The Morgan fingerprint density at radius 2 is 1.58 bits per heavy atom. The summed E-state index contributed by atoms with van der Waals surface area (Å²) in [6, 6.07) is 0. The molecule has 2 nitrogen and oxygen atoms in total. The number of aliphatic hydroxyl groups excluding tert-OH is 1. The highest BCUT2D eigenvalue weighted by Gasteiger charge is 2.36. The summed E-state index contributed by atoms with van der Waals surface area (Å²) in [5.74, 6) is 2.25. The van der Waals surface area contributed by atoms with Crippen LogP contribution in [0.5, 0.6) is 0 Å². The summed E-state index contributed by atoms with van der Waals surface area (Å²) >= 11 is 0. The van der Waals surface area contributed by atoms with Crippen LogP contribution >= 0.6 is 0 Å². The maximum absolute atomic E-state index is 10.2. The van der Waals surface area contributed by atoms with Crippen LogP contribution in [0.15, 0.2) is 0 Å². The van der Waals surface area contributed by atoms with Crippen molar-refractivity contribution in [3.05, 3.63) is 0 Å². The van der Waals surface area contributed by atoms with Crippen LogP contribution in [-0.4, -0.2) is 23.4 Å². The second kappa shape index (κ2) is 6.58. The summed E-state index contributed by atoms with van der Waals surface area (Å²) in [7, 11) is 0. The molecule has 2 fully saturated rings. The zero-order valence-electron chi connectivity index (χ0n) is 13.1. The average Bonchev–Trinajstić information content (AvgIpc) is 2.73. The minimum absolute atomic E-state index is 0.144. The maximum Gasteiger partial charge on any atom is 0.0629 e. The molecule has 19 heavy (non-hydrogen) atoms. The third-order valence-corrected chi connectivity index (χ3v) is 5.21. The van der Waals surface area contributed by atoms with Crippen molar-refractivity contribution in [1.29, 1.82) is 0 Å². The summed E-state index contributed by atoms with van der Waals surface area (Å²) in [6.45, 7) is 8.81. The zero-order chi connectivity index (χ0) is 14.0. The molecule has 2 rings (SSSR count). The minimum atomic E-state index is -0.144. The standard InChI is InChI=1S/C17H32O2/c1-11(2)16(18)14-8-9-15(10-14)19-17(12(3)4)13-6-5-7-13/h11-18H,5-10H2,1-4H3. The van der Waals surface area contributed by atoms with Gasteiger partial charge in [-0.2, -0.15) is 0 Å². The average molecular weight is 268 g/mol. The lowest BCUT2D eigenvalue weighted by Crippen LogP contribution is -2.36. The van der Waals surface area contributed by atoms with Gasteiger partial charge in [0.1, 0.15) is 0 Å². The van der Waals surface area contributed by atoms with E-state index in [0.717, 1.165) is 25.2 Å². The molecule has 2 heteroatoms. The molecule has 0 bridgehead atoms. The molecule has 2 aliphatic carbocycles. The molecule has 0 saturated heterocycles. The molecule has 1 N–H and O–H groups in total. The van der Waals surface area contributed by atoms with Crippen LogP contribution < -0.4 is 0 Å². The van der Waals surface area contributed by atoms with Crippen molar-refractivity contribution >= 4 is 0 Å². The van der Waals surface area contributed by atoms with E-state index in [2.05, 4.69) is 27.7 Å². The third-order valence-electron chi connectivity index (χ3n) is 5.21. The fraction of sp³-hybridized carbons (Fsp3) is 1.00. The monoisotopic (exact) mass is 268 g/mol. The molecule has 4 atom stereocenters. The fourth-order valence-corrected chi connectivity index (χ4v) is 3.75. The van der Waals surface area contributed by atoms with Gasteiger partial charge in [0.15, 0.2) is 0 Å². The molecule has 0 aliphatic heterocycles. The van der Waals surface area contributed by atoms with Crippen LogP contribution in [0.3, 0.4) is 0 Å². The molecule has 0 radical (unpaired) electrons. The summed E-state index contributed by atoms with van der Waals surface area (Å²) in [4.78, 5) is 0. The van der Waals surface area contributed by atoms with Crippen molar-refractivity contribution in [3.8, 4) is 0 Å². The van der Waals surface area contributed by atoms with E-state index < -0.39 is 0 Å². The lowest BCUT2D eigenvalue weighted by molar-refractivity contribution is -0.0845. The first kappa shape index (κ1) is 15.3. The first-order chi connectivity index (χ1) is 8.99. The number of hydrogen-bond acceptors (Lipinski definition) is 2. The Balaban J connectivity index is 1.83. The van der Waals surface area contributed by atoms with Crippen LogP contribution in [0.2, 0.25) is 0 Å². The van der Waals surface area contributed by atoms with Crippen molar-refractivity contribution in [2.45, 2.75) is 84.5 Å². The normalized spacial score (nSPS) is 31.7. The van der Waals surface area contributed by atoms with Crippen LogP contribution in [0.25, 0.3) is 0 Å². The van der Waals surface area contributed by atoms with Crippen LogP contribution in [0, 0.1) is 23.7 Å². The number of ether oxygens (including phenoxy) is 1. The lowest BCUT2D eigenvalue weighted by Gasteiger charge is -2.38. The lowest BCUT2D eigenvalue weighted by atomic mass is 9.77. The quantitative estimate of drug-likeness (QED) is 0.788. The Labute approximate surface area is 118 Å². The van der Waals surface area contributed by atoms with E-state index in [0.29, 0.717) is 30.0 Å². The first-order valence-electron chi connectivity index (χ1n) is 8.32. The number of rotatable bonds is 6. The minimum Gasteiger partial charge on any atom is -0.393 e. The van der Waals surface area contributed by atoms with Gasteiger partial charge in [0.05, 0.1) is 18.3 Å². The van der Waals surface area contributed by atoms with E-state index in [-0.39, 0.29) is 6.10 Å². The first-order valence-corrected chi connectivity index (χ1v) is 8.32. The highest BCUT2D eigenvalue weighted by atomic mass is 16.5. The molecule has 0 amide bonds. The molecule has 112 valence electrons. The Bertz CT molecular complexity index is 270. The molecule has 0 aromatic rings. The largest absolute Gasteiger partial charge is 0.393 e. The summed E-state index contributed by atoms with van der Waals surface area (Å²) < 4.78 is 6.43. The third kappa shape index (κ3) is 3.72. The molecular weight excluding hydrogens is 236 g/mol. The Hall–Kier alpha value is -0.0800. The van der Waals surface area contributed by atoms with E-state index in [1.807, 2.05) is 0 Å². The fourth-order valence-electron chi connectivity index (χ4n) is 3.75. The number of aliphatic hydroxyl groups is 1. The summed E-state index contributed by atoms with van der Waals surface area (Å²) in [6.07, 6.45) is 8.15. The van der Waals surface area contributed by atoms with Crippen molar-refractivity contribution in [1.82, 2.24) is 0 Å². The van der Waals surface area contributed by atoms with E-state index >= 15 is 0 Å². The van der Waals surface area contributed by atoms with E-state index in [1.165, 1.54) is 19.3 Å².